The first-order valence-electron chi connectivity index (χ1n) is 3.49. The minimum absolute atomic E-state index is 0. The van der Waals surface area contributed by atoms with Crippen LogP contribution in [0.25, 0.3) is 0 Å². The molecule has 0 aliphatic rings. The zero-order valence-electron chi connectivity index (χ0n) is 7.12. The molecule has 2 N–H and O–H groups in total. The molecule has 1 aromatic heterocycles. The number of rotatable bonds is 1. The average Bonchev–Trinajstić information content (AvgIpc) is 2.31. The van der Waals surface area contributed by atoms with Crippen LogP contribution < -0.4 is 5.32 Å². The van der Waals surface area contributed by atoms with Gasteiger partial charge in [0.25, 0.3) is 0 Å². The Morgan fingerprint density at radius 1 is 1.43 bits per heavy atom. The fraction of sp³-hybridized carbons (Fsp3) is 0.286. The molecule has 5 nitrogen and oxygen atoms in total. The molecule has 7 heteroatoms. The number of anilines is 1. The molecule has 14 heavy (non-hydrogen) atoms. The summed E-state index contributed by atoms with van der Waals surface area (Å²) in [6.07, 6.45) is 0. The monoisotopic (exact) mass is 242 g/mol. The molecule has 0 aliphatic carbocycles. The summed E-state index contributed by atoms with van der Waals surface area (Å²) < 4.78 is 0. The SMILES string of the molecule is Cc1nc(NC(=O)C(=O)O)sc1C.[CaH2]. The van der Waals surface area contributed by atoms with Gasteiger partial charge in [0.1, 0.15) is 0 Å². The molecule has 1 rings (SSSR count). The molecule has 1 heterocycles. The summed E-state index contributed by atoms with van der Waals surface area (Å²) in [4.78, 5) is 25.8. The van der Waals surface area contributed by atoms with E-state index in [2.05, 4.69) is 10.3 Å². The molecule has 1 amide bonds. The number of amides is 1. The third-order valence-electron chi connectivity index (χ3n) is 1.44. The van der Waals surface area contributed by atoms with Crippen LogP contribution >= 0.6 is 11.3 Å². The van der Waals surface area contributed by atoms with Gasteiger partial charge < -0.3 is 5.11 Å². The molecule has 0 radical (unpaired) electrons. The molecule has 0 unspecified atom stereocenters. The predicted octanol–water partition coefficient (Wildman–Crippen LogP) is -0.133. The van der Waals surface area contributed by atoms with Gasteiger partial charge in [-0.3, -0.25) is 10.1 Å². The third kappa shape index (κ3) is 3.53. The fourth-order valence-corrected chi connectivity index (χ4v) is 1.49. The van der Waals surface area contributed by atoms with E-state index in [9.17, 15) is 9.59 Å². The normalized spacial score (nSPS) is 9.00. The van der Waals surface area contributed by atoms with Crippen molar-refractivity contribution < 1.29 is 14.7 Å². The molecule has 0 atom stereocenters. The maximum atomic E-state index is 10.7. The Labute approximate surface area is 115 Å². The molecule has 0 saturated carbocycles. The Hall–Kier alpha value is -0.170. The van der Waals surface area contributed by atoms with Gasteiger partial charge in [-0.15, -0.1) is 11.3 Å². The van der Waals surface area contributed by atoms with E-state index in [0.717, 1.165) is 10.6 Å². The standard InChI is InChI=1S/C7H8N2O3S.Ca.2H/c1-3-4(2)13-7(8-3)9-5(10)6(11)12;;;/h1-2H3,(H,11,12)(H,8,9,10);;;. The summed E-state index contributed by atoms with van der Waals surface area (Å²) in [7, 11) is 0. The van der Waals surface area contributed by atoms with Crippen LogP contribution in [0.15, 0.2) is 0 Å². The first-order chi connectivity index (χ1) is 6.00. The Balaban J connectivity index is 0.00000169. The Kier molecular flexibility index (Phi) is 5.58. The number of nitrogens with zero attached hydrogens (tertiary/aromatic N) is 1. The second-order valence-electron chi connectivity index (χ2n) is 2.42. The molecule has 1 aromatic rings. The van der Waals surface area contributed by atoms with E-state index in [1.807, 2.05) is 6.92 Å². The van der Waals surface area contributed by atoms with Crippen LogP contribution in [0.3, 0.4) is 0 Å². The van der Waals surface area contributed by atoms with Crippen LogP contribution in [0.1, 0.15) is 10.6 Å². The second kappa shape index (κ2) is 5.65. The number of aromatic nitrogens is 1. The average molecular weight is 242 g/mol. The van der Waals surface area contributed by atoms with Crippen LogP contribution in [0.4, 0.5) is 5.13 Å². The van der Waals surface area contributed by atoms with Gasteiger partial charge in [0.2, 0.25) is 0 Å². The van der Waals surface area contributed by atoms with Crippen molar-refractivity contribution >= 4 is 66.1 Å². The molecular weight excluding hydrogens is 232 g/mol. The van der Waals surface area contributed by atoms with Crippen molar-refractivity contribution in [3.63, 3.8) is 0 Å². The molecular formula is C7H10CaN2O3S. The summed E-state index contributed by atoms with van der Waals surface area (Å²) in [5.74, 6) is -2.57. The van der Waals surface area contributed by atoms with E-state index in [-0.39, 0.29) is 37.7 Å². The number of aliphatic carboxylic acids is 1. The quantitative estimate of drug-likeness (QED) is 0.531. The van der Waals surface area contributed by atoms with Gasteiger partial charge in [0.15, 0.2) is 5.13 Å². The van der Waals surface area contributed by atoms with Gasteiger partial charge >= 0.3 is 49.6 Å². The van der Waals surface area contributed by atoms with E-state index in [0.29, 0.717) is 5.13 Å². The third-order valence-corrected chi connectivity index (χ3v) is 2.43. The second-order valence-corrected chi connectivity index (χ2v) is 3.62. The summed E-state index contributed by atoms with van der Waals surface area (Å²) in [5.41, 5.74) is 0.797. The topological polar surface area (TPSA) is 79.3 Å². The van der Waals surface area contributed by atoms with Crippen LogP contribution in [0.5, 0.6) is 0 Å². The van der Waals surface area contributed by atoms with Gasteiger partial charge in [-0.1, -0.05) is 0 Å². The number of carboxylic acid groups (broad SMARTS) is 1. The van der Waals surface area contributed by atoms with E-state index in [4.69, 9.17) is 5.11 Å². The van der Waals surface area contributed by atoms with Crippen LogP contribution in [0.2, 0.25) is 0 Å². The number of thiazole rings is 1. The van der Waals surface area contributed by atoms with E-state index in [1.54, 1.807) is 6.92 Å². The van der Waals surface area contributed by atoms with Crippen molar-refractivity contribution in [1.82, 2.24) is 4.98 Å². The molecule has 0 bridgehead atoms. The summed E-state index contributed by atoms with van der Waals surface area (Å²) in [6.45, 7) is 3.64. The Morgan fingerprint density at radius 3 is 2.36 bits per heavy atom. The molecule has 0 fully saturated rings. The van der Waals surface area contributed by atoms with Gasteiger partial charge in [-0.25, -0.2) is 9.78 Å². The number of nitrogens with one attached hydrogen (secondary N) is 1. The van der Waals surface area contributed by atoms with Crippen molar-refractivity contribution in [3.8, 4) is 0 Å². The van der Waals surface area contributed by atoms with Gasteiger partial charge in [-0.05, 0) is 13.8 Å². The van der Waals surface area contributed by atoms with E-state index < -0.39 is 11.9 Å². The number of carbonyl (C=O) groups excluding carboxylic acids is 1. The summed E-state index contributed by atoms with van der Waals surface area (Å²) in [5, 5.41) is 10.8. The Morgan fingerprint density at radius 2 is 2.00 bits per heavy atom. The van der Waals surface area contributed by atoms with Crippen molar-refractivity contribution in [3.05, 3.63) is 10.6 Å². The number of hydrogen-bond acceptors (Lipinski definition) is 4. The molecule has 74 valence electrons. The molecule has 0 spiro atoms. The zero-order chi connectivity index (χ0) is 10.0. The maximum absolute atomic E-state index is 10.7. The first-order valence-corrected chi connectivity index (χ1v) is 4.30. The van der Waals surface area contributed by atoms with Crippen molar-refractivity contribution in [2.24, 2.45) is 0 Å². The van der Waals surface area contributed by atoms with E-state index in [1.165, 1.54) is 11.3 Å². The van der Waals surface area contributed by atoms with Crippen LogP contribution in [0, 0.1) is 13.8 Å². The molecule has 0 aliphatic heterocycles. The predicted molar refractivity (Wildman–Crippen MR) is 56.4 cm³/mol. The van der Waals surface area contributed by atoms with Crippen molar-refractivity contribution in [1.29, 1.82) is 0 Å². The minimum atomic E-state index is -1.51. The van der Waals surface area contributed by atoms with Gasteiger partial charge in [-0.2, -0.15) is 0 Å². The van der Waals surface area contributed by atoms with Crippen molar-refractivity contribution in [2.75, 3.05) is 5.32 Å². The number of carbonyl (C=O) groups is 2. The van der Waals surface area contributed by atoms with Crippen molar-refractivity contribution in [2.45, 2.75) is 13.8 Å². The fourth-order valence-electron chi connectivity index (χ4n) is 0.677. The number of carboxylic acids is 1. The summed E-state index contributed by atoms with van der Waals surface area (Å²) >= 11 is 1.25. The van der Waals surface area contributed by atoms with Gasteiger partial charge in [0, 0.05) is 4.88 Å². The zero-order valence-corrected chi connectivity index (χ0v) is 7.94. The number of hydrogen-bond donors (Lipinski definition) is 2. The van der Waals surface area contributed by atoms with Crippen LogP contribution in [-0.4, -0.2) is 59.7 Å². The van der Waals surface area contributed by atoms with E-state index >= 15 is 0 Å². The Bertz CT molecular complexity index is 344. The molecule has 0 saturated heterocycles. The van der Waals surface area contributed by atoms with Gasteiger partial charge in [0.05, 0.1) is 5.69 Å². The summed E-state index contributed by atoms with van der Waals surface area (Å²) in [6, 6.07) is 0. The van der Waals surface area contributed by atoms with Crippen LogP contribution in [-0.2, 0) is 9.59 Å². The number of aryl methyl sites for hydroxylation is 2. The molecule has 0 aromatic carbocycles. The first kappa shape index (κ1) is 13.8.